The van der Waals surface area contributed by atoms with E-state index in [9.17, 15) is 4.79 Å². The van der Waals surface area contributed by atoms with Crippen LogP contribution in [0.3, 0.4) is 0 Å². The number of nitrogens with zero attached hydrogens (tertiary/aromatic N) is 2. The van der Waals surface area contributed by atoms with Gasteiger partial charge in [-0.25, -0.2) is 9.97 Å². The van der Waals surface area contributed by atoms with Crippen LogP contribution in [0.25, 0.3) is 20.9 Å². The third kappa shape index (κ3) is 2.91. The zero-order chi connectivity index (χ0) is 16.5. The lowest BCUT2D eigenvalue weighted by Gasteiger charge is -2.03. The van der Waals surface area contributed by atoms with Crippen molar-refractivity contribution in [2.24, 2.45) is 0 Å². The van der Waals surface area contributed by atoms with Gasteiger partial charge in [0.15, 0.2) is 5.13 Å². The quantitative estimate of drug-likeness (QED) is 0.529. The van der Waals surface area contributed by atoms with Crippen LogP contribution in [0.5, 0.6) is 0 Å². The van der Waals surface area contributed by atoms with E-state index in [-0.39, 0.29) is 5.91 Å². The van der Waals surface area contributed by atoms with Gasteiger partial charge in [0.1, 0.15) is 10.7 Å². The van der Waals surface area contributed by atoms with Crippen LogP contribution < -0.4 is 5.32 Å². The number of thiazole rings is 2. The third-order valence-corrected chi connectivity index (χ3v) is 5.50. The Balaban J connectivity index is 1.58. The van der Waals surface area contributed by atoms with Gasteiger partial charge in [-0.15, -0.1) is 22.7 Å². The van der Waals surface area contributed by atoms with Crippen LogP contribution in [0.15, 0.2) is 53.9 Å². The number of para-hydroxylation sites is 1. The van der Waals surface area contributed by atoms with Gasteiger partial charge in [-0.2, -0.15) is 0 Å². The van der Waals surface area contributed by atoms with Gasteiger partial charge in [-0.3, -0.25) is 10.1 Å². The Bertz CT molecular complexity index is 1010. The Morgan fingerprint density at radius 2 is 1.83 bits per heavy atom. The average Bonchev–Trinajstić information content (AvgIpc) is 3.21. The normalized spacial score (nSPS) is 10.9. The van der Waals surface area contributed by atoms with Gasteiger partial charge in [0.25, 0.3) is 5.91 Å². The molecular formula is C17H10ClN3OS2. The number of hydrogen-bond donors (Lipinski definition) is 1. The highest BCUT2D eigenvalue weighted by atomic mass is 35.5. The van der Waals surface area contributed by atoms with E-state index in [1.165, 1.54) is 11.3 Å². The van der Waals surface area contributed by atoms with Gasteiger partial charge in [-0.05, 0) is 24.3 Å². The molecule has 0 bridgehead atoms. The van der Waals surface area contributed by atoms with Gasteiger partial charge in [0, 0.05) is 5.38 Å². The molecule has 0 aliphatic rings. The summed E-state index contributed by atoms with van der Waals surface area (Å²) in [4.78, 5) is 21.3. The maximum absolute atomic E-state index is 12.3. The van der Waals surface area contributed by atoms with E-state index in [1.54, 1.807) is 35.6 Å². The molecule has 0 saturated heterocycles. The standard InChI is InChI=1S/C17H10ClN3OS2/c18-11-6-2-1-5-10(11)15(22)21-17-20-13(9-23-17)16-19-12-7-3-4-8-14(12)24-16/h1-9H,(H,20,21,22). The Hall–Kier alpha value is -2.28. The largest absolute Gasteiger partial charge is 0.298 e. The van der Waals surface area contributed by atoms with Crippen LogP contribution in [-0.4, -0.2) is 15.9 Å². The highest BCUT2D eigenvalue weighted by Crippen LogP contribution is 2.32. The molecule has 4 nitrogen and oxygen atoms in total. The zero-order valence-corrected chi connectivity index (χ0v) is 14.6. The van der Waals surface area contributed by atoms with E-state index in [2.05, 4.69) is 15.3 Å². The first kappa shape index (κ1) is 15.3. The van der Waals surface area contributed by atoms with E-state index in [4.69, 9.17) is 11.6 Å². The number of aromatic nitrogens is 2. The molecule has 0 aliphatic heterocycles. The molecule has 4 aromatic rings. The van der Waals surface area contributed by atoms with Gasteiger partial charge in [0.05, 0.1) is 20.8 Å². The SMILES string of the molecule is O=C(Nc1nc(-c2nc3ccccc3s2)cs1)c1ccccc1Cl. The van der Waals surface area contributed by atoms with Gasteiger partial charge >= 0.3 is 0 Å². The molecule has 0 aliphatic carbocycles. The van der Waals surface area contributed by atoms with E-state index in [0.29, 0.717) is 15.7 Å². The Kier molecular flexibility index (Phi) is 4.02. The minimum absolute atomic E-state index is 0.272. The maximum Gasteiger partial charge on any atom is 0.258 e. The molecule has 0 unspecified atom stereocenters. The summed E-state index contributed by atoms with van der Waals surface area (Å²) in [5.41, 5.74) is 2.14. The first-order valence-electron chi connectivity index (χ1n) is 7.08. The second kappa shape index (κ2) is 6.32. The molecule has 0 saturated carbocycles. The number of rotatable bonds is 3. The lowest BCUT2D eigenvalue weighted by atomic mass is 10.2. The molecule has 4 rings (SSSR count). The molecule has 7 heteroatoms. The summed E-state index contributed by atoms with van der Waals surface area (Å²) in [5, 5.41) is 6.45. The zero-order valence-electron chi connectivity index (χ0n) is 12.2. The number of nitrogens with one attached hydrogen (secondary N) is 1. The number of benzene rings is 2. The van der Waals surface area contributed by atoms with Crippen molar-refractivity contribution in [3.8, 4) is 10.7 Å². The first-order chi connectivity index (χ1) is 11.7. The van der Waals surface area contributed by atoms with Crippen LogP contribution in [-0.2, 0) is 0 Å². The smallest absolute Gasteiger partial charge is 0.258 e. The molecule has 1 amide bonds. The van der Waals surface area contributed by atoms with E-state index in [1.807, 2.05) is 29.6 Å². The van der Waals surface area contributed by atoms with Gasteiger partial charge < -0.3 is 0 Å². The number of anilines is 1. The fourth-order valence-corrected chi connectivity index (χ4v) is 4.13. The van der Waals surface area contributed by atoms with Crippen molar-refractivity contribution in [3.63, 3.8) is 0 Å². The highest BCUT2D eigenvalue weighted by Gasteiger charge is 2.14. The minimum Gasteiger partial charge on any atom is -0.298 e. The number of amides is 1. The molecule has 24 heavy (non-hydrogen) atoms. The summed E-state index contributed by atoms with van der Waals surface area (Å²) in [6, 6.07) is 14.9. The van der Waals surface area contributed by atoms with Crippen molar-refractivity contribution in [1.29, 1.82) is 0 Å². The Labute approximate surface area is 150 Å². The van der Waals surface area contributed by atoms with Crippen LogP contribution in [0.2, 0.25) is 5.02 Å². The fraction of sp³-hybridized carbons (Fsp3) is 0. The van der Waals surface area contributed by atoms with Crippen molar-refractivity contribution in [3.05, 3.63) is 64.5 Å². The molecule has 2 aromatic carbocycles. The molecule has 0 spiro atoms. The van der Waals surface area contributed by atoms with Crippen molar-refractivity contribution in [1.82, 2.24) is 9.97 Å². The molecule has 2 aromatic heterocycles. The molecule has 0 radical (unpaired) electrons. The number of carbonyl (C=O) groups is 1. The summed E-state index contributed by atoms with van der Waals surface area (Å²) in [6.07, 6.45) is 0. The van der Waals surface area contributed by atoms with Crippen molar-refractivity contribution in [2.75, 3.05) is 5.32 Å². The molecule has 0 atom stereocenters. The lowest BCUT2D eigenvalue weighted by molar-refractivity contribution is 0.102. The lowest BCUT2D eigenvalue weighted by Crippen LogP contribution is -2.12. The van der Waals surface area contributed by atoms with E-state index < -0.39 is 0 Å². The maximum atomic E-state index is 12.3. The second-order valence-electron chi connectivity index (χ2n) is 4.96. The number of fused-ring (bicyclic) bond motifs is 1. The summed E-state index contributed by atoms with van der Waals surface area (Å²) in [7, 11) is 0. The van der Waals surface area contributed by atoms with Gasteiger partial charge in [0.2, 0.25) is 0 Å². The van der Waals surface area contributed by atoms with E-state index >= 15 is 0 Å². The Morgan fingerprint density at radius 1 is 1.04 bits per heavy atom. The molecule has 0 fully saturated rings. The molecule has 2 heterocycles. The summed E-state index contributed by atoms with van der Waals surface area (Å²) in [6.45, 7) is 0. The molecule has 118 valence electrons. The monoisotopic (exact) mass is 371 g/mol. The predicted molar refractivity (Wildman–Crippen MR) is 100 cm³/mol. The van der Waals surface area contributed by atoms with Crippen LogP contribution in [0.4, 0.5) is 5.13 Å². The minimum atomic E-state index is -0.272. The van der Waals surface area contributed by atoms with Crippen LogP contribution in [0, 0.1) is 0 Å². The predicted octanol–water partition coefficient (Wildman–Crippen LogP) is 5.33. The van der Waals surface area contributed by atoms with E-state index in [0.717, 1.165) is 20.9 Å². The summed E-state index contributed by atoms with van der Waals surface area (Å²) in [5.74, 6) is -0.272. The summed E-state index contributed by atoms with van der Waals surface area (Å²) >= 11 is 8.99. The number of hydrogen-bond acceptors (Lipinski definition) is 5. The van der Waals surface area contributed by atoms with Crippen LogP contribution >= 0.6 is 34.3 Å². The van der Waals surface area contributed by atoms with Crippen molar-refractivity contribution in [2.45, 2.75) is 0 Å². The molecular weight excluding hydrogens is 362 g/mol. The average molecular weight is 372 g/mol. The Morgan fingerprint density at radius 3 is 2.67 bits per heavy atom. The highest BCUT2D eigenvalue weighted by molar-refractivity contribution is 7.22. The number of halogens is 1. The van der Waals surface area contributed by atoms with Crippen molar-refractivity contribution < 1.29 is 4.79 Å². The third-order valence-electron chi connectivity index (χ3n) is 3.36. The van der Waals surface area contributed by atoms with Gasteiger partial charge in [-0.1, -0.05) is 35.9 Å². The first-order valence-corrected chi connectivity index (χ1v) is 9.15. The van der Waals surface area contributed by atoms with Crippen molar-refractivity contribution >= 4 is 55.5 Å². The fourth-order valence-electron chi connectivity index (χ4n) is 2.22. The topological polar surface area (TPSA) is 54.9 Å². The van der Waals surface area contributed by atoms with Crippen LogP contribution in [0.1, 0.15) is 10.4 Å². The second-order valence-corrected chi connectivity index (χ2v) is 7.25. The molecule has 1 N–H and O–H groups in total. The number of carbonyl (C=O) groups excluding carboxylic acids is 1. The summed E-state index contributed by atoms with van der Waals surface area (Å²) < 4.78 is 1.11.